The van der Waals surface area contributed by atoms with Gasteiger partial charge in [-0.3, -0.25) is 4.99 Å². The SMILES string of the molecule is O=C(O)C1=NCCC(/C=C/N2c3cc(O)c(O)cc3C[C@H]2C(=O)O)=C1. The zero-order valence-corrected chi connectivity index (χ0v) is 13.1. The van der Waals surface area contributed by atoms with E-state index in [1.54, 1.807) is 12.3 Å². The third kappa shape index (κ3) is 3.18. The van der Waals surface area contributed by atoms with E-state index >= 15 is 0 Å². The molecule has 0 aliphatic carbocycles. The van der Waals surface area contributed by atoms with Gasteiger partial charge in [0.2, 0.25) is 0 Å². The van der Waals surface area contributed by atoms with Crippen LogP contribution < -0.4 is 4.90 Å². The number of carboxylic acids is 2. The van der Waals surface area contributed by atoms with E-state index in [0.717, 1.165) is 0 Å². The summed E-state index contributed by atoms with van der Waals surface area (Å²) in [5.41, 5.74) is 1.78. The van der Waals surface area contributed by atoms with Crippen LogP contribution in [0.1, 0.15) is 12.0 Å². The van der Waals surface area contributed by atoms with Gasteiger partial charge in [-0.25, -0.2) is 9.59 Å². The van der Waals surface area contributed by atoms with Gasteiger partial charge in [0, 0.05) is 30.9 Å². The summed E-state index contributed by atoms with van der Waals surface area (Å²) in [6.45, 7) is 0.353. The maximum absolute atomic E-state index is 11.5. The van der Waals surface area contributed by atoms with Crippen molar-refractivity contribution in [1.82, 2.24) is 0 Å². The Bertz CT molecular complexity index is 840. The lowest BCUT2D eigenvalue weighted by Crippen LogP contribution is -2.34. The Kier molecular flexibility index (Phi) is 4.18. The predicted molar refractivity (Wildman–Crippen MR) is 89.2 cm³/mol. The highest BCUT2D eigenvalue weighted by molar-refractivity contribution is 6.40. The molecule has 0 bridgehead atoms. The van der Waals surface area contributed by atoms with Crippen molar-refractivity contribution in [3.05, 3.63) is 41.6 Å². The lowest BCUT2D eigenvalue weighted by Gasteiger charge is -2.21. The number of anilines is 1. The number of allylic oxidation sites excluding steroid dienone is 1. The highest BCUT2D eigenvalue weighted by atomic mass is 16.4. The molecule has 3 rings (SSSR count). The molecule has 2 heterocycles. The molecule has 0 fully saturated rings. The molecule has 0 saturated carbocycles. The van der Waals surface area contributed by atoms with Crippen LogP contribution in [0.3, 0.4) is 0 Å². The first-order chi connectivity index (χ1) is 11.9. The van der Waals surface area contributed by atoms with E-state index in [4.69, 9.17) is 5.11 Å². The molecule has 8 heteroatoms. The molecule has 1 aromatic rings. The number of fused-ring (bicyclic) bond motifs is 1. The molecule has 0 radical (unpaired) electrons. The van der Waals surface area contributed by atoms with Gasteiger partial charge in [-0.05, 0) is 35.8 Å². The Hall–Kier alpha value is -3.29. The lowest BCUT2D eigenvalue weighted by molar-refractivity contribution is -0.138. The maximum Gasteiger partial charge on any atom is 0.354 e. The van der Waals surface area contributed by atoms with E-state index in [2.05, 4.69) is 4.99 Å². The van der Waals surface area contributed by atoms with E-state index in [1.165, 1.54) is 23.1 Å². The number of dihydropyridines is 1. The molecule has 0 amide bonds. The van der Waals surface area contributed by atoms with Gasteiger partial charge >= 0.3 is 11.9 Å². The third-order valence-corrected chi connectivity index (χ3v) is 4.16. The molecule has 4 N–H and O–H groups in total. The van der Waals surface area contributed by atoms with Crippen molar-refractivity contribution in [1.29, 1.82) is 0 Å². The summed E-state index contributed by atoms with van der Waals surface area (Å²) in [5, 5.41) is 37.7. The fourth-order valence-electron chi connectivity index (χ4n) is 2.91. The van der Waals surface area contributed by atoms with Crippen molar-refractivity contribution in [2.75, 3.05) is 11.4 Å². The average molecular weight is 344 g/mol. The van der Waals surface area contributed by atoms with Crippen molar-refractivity contribution in [2.45, 2.75) is 18.9 Å². The molecule has 1 aromatic carbocycles. The number of nitrogens with zero attached hydrogens (tertiary/aromatic N) is 2. The van der Waals surface area contributed by atoms with Gasteiger partial charge in [0.25, 0.3) is 0 Å². The van der Waals surface area contributed by atoms with E-state index in [1.807, 2.05) is 0 Å². The number of hydrogen-bond donors (Lipinski definition) is 4. The van der Waals surface area contributed by atoms with E-state index < -0.39 is 18.0 Å². The number of phenols is 2. The number of aliphatic imine (C=N–C) groups is 1. The van der Waals surface area contributed by atoms with Gasteiger partial charge in [0.05, 0.1) is 0 Å². The largest absolute Gasteiger partial charge is 0.504 e. The number of aliphatic carboxylic acids is 2. The average Bonchev–Trinajstić information content (AvgIpc) is 2.91. The zero-order valence-electron chi connectivity index (χ0n) is 13.1. The van der Waals surface area contributed by atoms with Crippen LogP contribution in [0.25, 0.3) is 0 Å². The Morgan fingerprint density at radius 1 is 1.20 bits per heavy atom. The summed E-state index contributed by atoms with van der Waals surface area (Å²) in [6, 6.07) is 1.80. The fraction of sp³-hybridized carbons (Fsp3) is 0.235. The zero-order chi connectivity index (χ0) is 18.1. The Morgan fingerprint density at radius 2 is 1.92 bits per heavy atom. The standard InChI is InChI=1S/C17H16N2O6/c20-14-7-10-6-13(17(24)25)19(12(10)8-15(14)21)4-2-9-1-3-18-11(5-9)16(22)23/h2,4-5,7-8,13,20-21H,1,3,6H2,(H,22,23)(H,24,25)/b4-2+/t13-/m0/s1. The molecule has 0 aromatic heterocycles. The fourth-order valence-corrected chi connectivity index (χ4v) is 2.91. The quantitative estimate of drug-likeness (QED) is 0.605. The van der Waals surface area contributed by atoms with Gasteiger partial charge in [-0.15, -0.1) is 0 Å². The van der Waals surface area contributed by atoms with Crippen LogP contribution in [0.4, 0.5) is 5.69 Å². The number of hydrogen-bond acceptors (Lipinski definition) is 6. The number of aromatic hydroxyl groups is 2. The van der Waals surface area contributed by atoms with Gasteiger partial charge in [-0.1, -0.05) is 0 Å². The van der Waals surface area contributed by atoms with Crippen LogP contribution in [0.5, 0.6) is 11.5 Å². The summed E-state index contributed by atoms with van der Waals surface area (Å²) in [5.74, 6) is -2.78. The first-order valence-electron chi connectivity index (χ1n) is 7.59. The Morgan fingerprint density at radius 3 is 2.60 bits per heavy atom. The van der Waals surface area contributed by atoms with Crippen LogP contribution in [0, 0.1) is 0 Å². The van der Waals surface area contributed by atoms with Crippen molar-refractivity contribution >= 4 is 23.3 Å². The minimum absolute atomic E-state index is 0.0370. The summed E-state index contributed by atoms with van der Waals surface area (Å²) >= 11 is 0. The molecular formula is C17H16N2O6. The topological polar surface area (TPSA) is 131 Å². The molecule has 8 nitrogen and oxygen atoms in total. The van der Waals surface area contributed by atoms with Crippen molar-refractivity contribution < 1.29 is 30.0 Å². The second kappa shape index (κ2) is 6.31. The van der Waals surface area contributed by atoms with Crippen molar-refractivity contribution in [3.63, 3.8) is 0 Å². The molecule has 0 saturated heterocycles. The Labute approximate surface area is 142 Å². The van der Waals surface area contributed by atoms with E-state index in [-0.39, 0.29) is 23.6 Å². The van der Waals surface area contributed by atoms with Crippen LogP contribution in [0.15, 0.2) is 41.1 Å². The van der Waals surface area contributed by atoms with Gasteiger partial charge in [-0.2, -0.15) is 0 Å². The number of carbonyl (C=O) groups is 2. The van der Waals surface area contributed by atoms with Crippen molar-refractivity contribution in [3.8, 4) is 11.5 Å². The highest BCUT2D eigenvalue weighted by Crippen LogP contribution is 2.40. The molecule has 1 atom stereocenters. The summed E-state index contributed by atoms with van der Waals surface area (Å²) in [7, 11) is 0. The van der Waals surface area contributed by atoms with Gasteiger partial charge in [0.15, 0.2) is 11.5 Å². The van der Waals surface area contributed by atoms with Crippen LogP contribution in [0.2, 0.25) is 0 Å². The lowest BCUT2D eigenvalue weighted by atomic mass is 10.1. The molecule has 25 heavy (non-hydrogen) atoms. The minimum Gasteiger partial charge on any atom is -0.504 e. The highest BCUT2D eigenvalue weighted by Gasteiger charge is 2.34. The molecule has 0 spiro atoms. The number of phenolic OH excluding ortho intramolecular Hbond substituents is 2. The molecule has 130 valence electrons. The number of benzene rings is 1. The molecule has 0 unspecified atom stereocenters. The normalized spacial score (nSPS) is 19.5. The summed E-state index contributed by atoms with van der Waals surface area (Å²) in [6.07, 6.45) is 5.38. The smallest absolute Gasteiger partial charge is 0.354 e. The number of rotatable bonds is 4. The molecule has 2 aliphatic heterocycles. The monoisotopic (exact) mass is 344 g/mol. The van der Waals surface area contributed by atoms with Crippen LogP contribution >= 0.6 is 0 Å². The van der Waals surface area contributed by atoms with E-state index in [0.29, 0.717) is 29.8 Å². The third-order valence-electron chi connectivity index (χ3n) is 4.16. The molecule has 2 aliphatic rings. The second-order valence-electron chi connectivity index (χ2n) is 5.79. The predicted octanol–water partition coefficient (Wildman–Crippen LogP) is 1.28. The van der Waals surface area contributed by atoms with Gasteiger partial charge in [0.1, 0.15) is 11.8 Å². The van der Waals surface area contributed by atoms with E-state index in [9.17, 15) is 24.9 Å². The minimum atomic E-state index is -1.11. The van der Waals surface area contributed by atoms with Crippen LogP contribution in [-0.4, -0.2) is 50.7 Å². The second-order valence-corrected chi connectivity index (χ2v) is 5.79. The summed E-state index contributed by atoms with van der Waals surface area (Å²) < 4.78 is 0. The van der Waals surface area contributed by atoms with Crippen LogP contribution in [-0.2, 0) is 16.0 Å². The number of carboxylic acid groups (broad SMARTS) is 2. The first kappa shape index (κ1) is 16.6. The van der Waals surface area contributed by atoms with Crippen molar-refractivity contribution in [2.24, 2.45) is 4.99 Å². The maximum atomic E-state index is 11.5. The molecular weight excluding hydrogens is 328 g/mol. The first-order valence-corrected chi connectivity index (χ1v) is 7.59. The summed E-state index contributed by atoms with van der Waals surface area (Å²) in [4.78, 5) is 27.9. The Balaban J connectivity index is 1.93. The van der Waals surface area contributed by atoms with Gasteiger partial charge < -0.3 is 25.3 Å².